The van der Waals surface area contributed by atoms with Crippen molar-refractivity contribution in [2.45, 2.75) is 89.5 Å². The molecule has 2 aromatic rings. The fraction of sp³-hybridized carbons (Fsp3) is 0.583. The van der Waals surface area contributed by atoms with Crippen molar-refractivity contribution in [3.8, 4) is 11.3 Å². The summed E-state index contributed by atoms with van der Waals surface area (Å²) in [6, 6.07) is 4.66. The quantitative estimate of drug-likeness (QED) is 0.437. The molecular formula is C24H36N6O6S. The molecular weight excluding hydrogens is 500 g/mol. The first-order valence-electron chi connectivity index (χ1n) is 12.5. The molecule has 1 aliphatic rings. The Bertz CT molecular complexity index is 1190. The molecule has 0 unspecified atom stereocenters. The van der Waals surface area contributed by atoms with E-state index >= 15 is 0 Å². The Balaban J connectivity index is 1.77. The van der Waals surface area contributed by atoms with Crippen molar-refractivity contribution in [2.24, 2.45) is 0 Å². The van der Waals surface area contributed by atoms with Crippen LogP contribution < -0.4 is 15.4 Å². The van der Waals surface area contributed by atoms with Gasteiger partial charge in [0.15, 0.2) is 0 Å². The Morgan fingerprint density at radius 2 is 1.70 bits per heavy atom. The molecule has 204 valence electrons. The van der Waals surface area contributed by atoms with Crippen molar-refractivity contribution in [1.29, 1.82) is 0 Å². The second-order valence-corrected chi connectivity index (χ2v) is 11.2. The average Bonchev–Trinajstić information content (AvgIpc) is 3.28. The highest BCUT2D eigenvalue weighted by atomic mass is 32.2. The summed E-state index contributed by atoms with van der Waals surface area (Å²) >= 11 is 0. The van der Waals surface area contributed by atoms with Crippen molar-refractivity contribution < 1.29 is 27.5 Å². The first-order chi connectivity index (χ1) is 17.5. The van der Waals surface area contributed by atoms with Crippen molar-refractivity contribution in [3.63, 3.8) is 0 Å². The Morgan fingerprint density at radius 1 is 1.05 bits per heavy atom. The summed E-state index contributed by atoms with van der Waals surface area (Å²) in [4.78, 5) is 23.9. The van der Waals surface area contributed by atoms with Gasteiger partial charge in [-0.25, -0.2) is 27.4 Å². The van der Waals surface area contributed by atoms with Gasteiger partial charge in [-0.2, -0.15) is 0 Å². The molecule has 12 nitrogen and oxygen atoms in total. The van der Waals surface area contributed by atoms with E-state index in [-0.39, 0.29) is 41.4 Å². The van der Waals surface area contributed by atoms with Gasteiger partial charge in [0.05, 0.1) is 29.3 Å². The van der Waals surface area contributed by atoms with Crippen molar-refractivity contribution in [1.82, 2.24) is 25.0 Å². The smallest absolute Gasteiger partial charge is 0.411 e. The summed E-state index contributed by atoms with van der Waals surface area (Å²) in [5.41, 5.74) is 1.04. The van der Waals surface area contributed by atoms with Crippen molar-refractivity contribution >= 4 is 27.9 Å². The predicted octanol–water partition coefficient (Wildman–Crippen LogP) is 3.82. The van der Waals surface area contributed by atoms with E-state index in [0.717, 1.165) is 25.7 Å². The third kappa shape index (κ3) is 7.89. The van der Waals surface area contributed by atoms with Crippen LogP contribution in [-0.4, -0.2) is 60.4 Å². The van der Waals surface area contributed by atoms with E-state index in [0.29, 0.717) is 11.3 Å². The fourth-order valence-electron chi connectivity index (χ4n) is 4.14. The van der Waals surface area contributed by atoms with E-state index in [1.54, 1.807) is 57.6 Å². The minimum atomic E-state index is -3.88. The molecule has 3 rings (SSSR count). The van der Waals surface area contributed by atoms with Crippen LogP contribution in [0.1, 0.15) is 66.3 Å². The topological polar surface area (TPSA) is 154 Å². The fourth-order valence-corrected chi connectivity index (χ4v) is 5.42. The Labute approximate surface area is 217 Å². The predicted molar refractivity (Wildman–Crippen MR) is 138 cm³/mol. The maximum absolute atomic E-state index is 13.0. The lowest BCUT2D eigenvalue weighted by molar-refractivity contribution is 0.108. The summed E-state index contributed by atoms with van der Waals surface area (Å²) in [7, 11) is -3.88. The summed E-state index contributed by atoms with van der Waals surface area (Å²) in [6.07, 6.45) is 3.22. The molecule has 1 aromatic heterocycles. The van der Waals surface area contributed by atoms with E-state index in [4.69, 9.17) is 9.47 Å². The number of nitrogens with one attached hydrogen (secondary N) is 3. The first-order valence-corrected chi connectivity index (χ1v) is 14.0. The monoisotopic (exact) mass is 536 g/mol. The number of alkyl carbamates (subject to hydrolysis) is 1. The minimum Gasteiger partial charge on any atom is -0.447 e. The van der Waals surface area contributed by atoms with Gasteiger partial charge >= 0.3 is 12.2 Å². The number of hydrogen-bond donors (Lipinski definition) is 3. The van der Waals surface area contributed by atoms with Gasteiger partial charge in [-0.05, 0) is 71.6 Å². The number of nitrogens with zero attached hydrogens (tertiary/aromatic N) is 3. The van der Waals surface area contributed by atoms with Gasteiger partial charge in [0, 0.05) is 23.8 Å². The molecule has 3 N–H and O–H groups in total. The zero-order valence-electron chi connectivity index (χ0n) is 21.9. The van der Waals surface area contributed by atoms with E-state index in [2.05, 4.69) is 25.7 Å². The highest BCUT2D eigenvalue weighted by Gasteiger charge is 2.27. The summed E-state index contributed by atoms with van der Waals surface area (Å²) < 4.78 is 40.5. The van der Waals surface area contributed by atoms with Gasteiger partial charge in [0.25, 0.3) is 0 Å². The Kier molecular flexibility index (Phi) is 9.49. The normalized spacial score (nSPS) is 18.0. The van der Waals surface area contributed by atoms with Crippen LogP contribution in [0, 0.1) is 0 Å². The highest BCUT2D eigenvalue weighted by molar-refractivity contribution is 7.89. The average molecular weight is 537 g/mol. The van der Waals surface area contributed by atoms with Crippen LogP contribution in [-0.2, 0) is 19.5 Å². The zero-order valence-corrected chi connectivity index (χ0v) is 22.7. The number of hydrogen-bond acceptors (Lipinski definition) is 8. The standard InChI is InChI=1S/C24H36N6O6S/c1-6-25-37(33,34)22-13-18(27-24(32)36-16(4)5)9-12-20(22)21-14-30(29-28-21)19-10-7-17(8-11-19)26-23(31)35-15(2)3/h9,12-17,19,25H,6-8,10-11H2,1-5H3,(H,26,31)(H,27,32). The highest BCUT2D eigenvalue weighted by Crippen LogP contribution is 2.32. The Morgan fingerprint density at radius 3 is 2.32 bits per heavy atom. The second-order valence-electron chi connectivity index (χ2n) is 9.48. The minimum absolute atomic E-state index is 0.0275. The molecule has 0 spiro atoms. The Hall–Kier alpha value is -3.19. The van der Waals surface area contributed by atoms with E-state index in [1.165, 1.54) is 6.07 Å². The molecule has 13 heteroatoms. The SMILES string of the molecule is CCNS(=O)(=O)c1cc(NC(=O)OC(C)C)ccc1-c1cn(C2CCC(NC(=O)OC(C)C)CC2)nn1. The molecule has 1 aromatic carbocycles. The maximum Gasteiger partial charge on any atom is 0.411 e. The summed E-state index contributed by atoms with van der Waals surface area (Å²) in [6.45, 7) is 8.93. The molecule has 0 saturated heterocycles. The molecule has 1 saturated carbocycles. The van der Waals surface area contributed by atoms with Gasteiger partial charge in [-0.1, -0.05) is 12.1 Å². The van der Waals surface area contributed by atoms with E-state index < -0.39 is 22.2 Å². The van der Waals surface area contributed by atoms with Crippen LogP contribution in [0.2, 0.25) is 0 Å². The van der Waals surface area contributed by atoms with Crippen molar-refractivity contribution in [3.05, 3.63) is 24.4 Å². The first kappa shape index (κ1) is 28.4. The third-order valence-corrected chi connectivity index (χ3v) is 7.30. The number of sulfonamides is 1. The molecule has 0 radical (unpaired) electrons. The molecule has 0 atom stereocenters. The van der Waals surface area contributed by atoms with Crippen molar-refractivity contribution in [2.75, 3.05) is 11.9 Å². The molecule has 1 aliphatic carbocycles. The lowest BCUT2D eigenvalue weighted by Gasteiger charge is -2.28. The number of amides is 2. The molecule has 0 aliphatic heterocycles. The zero-order chi connectivity index (χ0) is 27.2. The summed E-state index contributed by atoms with van der Waals surface area (Å²) in [5, 5.41) is 14.0. The number of anilines is 1. The summed E-state index contributed by atoms with van der Waals surface area (Å²) in [5.74, 6) is 0. The number of benzene rings is 1. The number of carbonyl (C=O) groups excluding carboxylic acids is 2. The van der Waals surface area contributed by atoms with E-state index in [1.807, 2.05) is 0 Å². The van der Waals surface area contributed by atoms with Crippen LogP contribution in [0.3, 0.4) is 0 Å². The molecule has 2 amide bonds. The second kappa shape index (κ2) is 12.4. The number of carbonyl (C=O) groups is 2. The number of aromatic nitrogens is 3. The van der Waals surface area contributed by atoms with Crippen LogP contribution in [0.25, 0.3) is 11.3 Å². The van der Waals surface area contributed by atoms with Crippen LogP contribution in [0.15, 0.2) is 29.3 Å². The molecule has 1 fully saturated rings. The van der Waals surface area contributed by atoms with E-state index in [9.17, 15) is 18.0 Å². The third-order valence-electron chi connectivity index (χ3n) is 5.72. The molecule has 37 heavy (non-hydrogen) atoms. The van der Waals surface area contributed by atoms with Gasteiger partial charge in [0.1, 0.15) is 5.69 Å². The number of ether oxygens (including phenoxy) is 2. The maximum atomic E-state index is 13.0. The van der Waals surface area contributed by atoms with Gasteiger partial charge < -0.3 is 14.8 Å². The van der Waals surface area contributed by atoms with Gasteiger partial charge in [0.2, 0.25) is 10.0 Å². The van der Waals surface area contributed by atoms with Crippen LogP contribution in [0.4, 0.5) is 15.3 Å². The molecule has 0 bridgehead atoms. The molecule has 1 heterocycles. The van der Waals surface area contributed by atoms with Gasteiger partial charge in [-0.3, -0.25) is 5.32 Å². The lowest BCUT2D eigenvalue weighted by atomic mass is 9.91. The largest absolute Gasteiger partial charge is 0.447 e. The lowest BCUT2D eigenvalue weighted by Crippen LogP contribution is -2.39. The van der Waals surface area contributed by atoms with Crippen LogP contribution in [0.5, 0.6) is 0 Å². The number of rotatable bonds is 9. The van der Waals surface area contributed by atoms with Crippen LogP contribution >= 0.6 is 0 Å². The van der Waals surface area contributed by atoms with Gasteiger partial charge in [-0.15, -0.1) is 5.10 Å².